The fourth-order valence-electron chi connectivity index (χ4n) is 1.31. The van der Waals surface area contributed by atoms with Gasteiger partial charge in [-0.15, -0.1) is 0 Å². The maximum atomic E-state index is 12.9. The van der Waals surface area contributed by atoms with E-state index in [-0.39, 0.29) is 16.5 Å². The molecule has 5 heteroatoms. The summed E-state index contributed by atoms with van der Waals surface area (Å²) in [7, 11) is 0. The predicted molar refractivity (Wildman–Crippen MR) is 49.4 cm³/mol. The molecule has 0 aliphatic carbocycles. The Balaban J connectivity index is 2.94. The SMILES string of the molecule is O=C(O)c1cc(=O)oc2ccc(F)cc12. The van der Waals surface area contributed by atoms with E-state index in [4.69, 9.17) is 9.52 Å². The average Bonchev–Trinajstić information content (AvgIpc) is 2.17. The van der Waals surface area contributed by atoms with Crippen LogP contribution in [-0.2, 0) is 0 Å². The first-order chi connectivity index (χ1) is 7.08. The number of aromatic carboxylic acids is 1. The summed E-state index contributed by atoms with van der Waals surface area (Å²) >= 11 is 0. The van der Waals surface area contributed by atoms with E-state index in [1.165, 1.54) is 6.07 Å². The molecule has 1 aromatic carbocycles. The molecular weight excluding hydrogens is 203 g/mol. The number of carboxylic acids is 1. The third kappa shape index (κ3) is 1.59. The summed E-state index contributed by atoms with van der Waals surface area (Å²) in [6, 6.07) is 4.15. The molecule has 0 atom stereocenters. The zero-order valence-electron chi connectivity index (χ0n) is 7.36. The van der Waals surface area contributed by atoms with E-state index in [0.717, 1.165) is 18.2 Å². The lowest BCUT2D eigenvalue weighted by Crippen LogP contribution is -2.05. The van der Waals surface area contributed by atoms with Gasteiger partial charge in [0.1, 0.15) is 11.4 Å². The molecule has 0 fully saturated rings. The van der Waals surface area contributed by atoms with Gasteiger partial charge in [-0.3, -0.25) is 0 Å². The van der Waals surface area contributed by atoms with Crippen LogP contribution in [0.5, 0.6) is 0 Å². The molecule has 0 amide bonds. The van der Waals surface area contributed by atoms with Crippen molar-refractivity contribution in [2.75, 3.05) is 0 Å². The van der Waals surface area contributed by atoms with Crippen LogP contribution in [0.1, 0.15) is 10.4 Å². The van der Waals surface area contributed by atoms with Gasteiger partial charge in [-0.1, -0.05) is 0 Å². The van der Waals surface area contributed by atoms with E-state index in [0.29, 0.717) is 0 Å². The summed E-state index contributed by atoms with van der Waals surface area (Å²) in [4.78, 5) is 21.7. The molecule has 2 aromatic rings. The van der Waals surface area contributed by atoms with Gasteiger partial charge in [0.25, 0.3) is 0 Å². The van der Waals surface area contributed by atoms with Crippen LogP contribution in [0.25, 0.3) is 11.0 Å². The number of halogens is 1. The molecule has 0 aliphatic rings. The van der Waals surface area contributed by atoms with Gasteiger partial charge in [-0.05, 0) is 18.2 Å². The van der Waals surface area contributed by atoms with Gasteiger partial charge in [0.15, 0.2) is 0 Å². The fraction of sp³-hybridized carbons (Fsp3) is 0. The number of carboxylic acid groups (broad SMARTS) is 1. The molecule has 0 unspecified atom stereocenters. The van der Waals surface area contributed by atoms with E-state index in [1.807, 2.05) is 0 Å². The minimum Gasteiger partial charge on any atom is -0.478 e. The lowest BCUT2D eigenvalue weighted by Gasteiger charge is -2.00. The van der Waals surface area contributed by atoms with Crippen LogP contribution >= 0.6 is 0 Å². The molecule has 0 radical (unpaired) electrons. The summed E-state index contributed by atoms with van der Waals surface area (Å²) in [5, 5.41) is 8.87. The van der Waals surface area contributed by atoms with Gasteiger partial charge in [0.2, 0.25) is 0 Å². The number of rotatable bonds is 1. The largest absolute Gasteiger partial charge is 0.478 e. The Morgan fingerprint density at radius 3 is 2.73 bits per heavy atom. The van der Waals surface area contributed by atoms with Gasteiger partial charge in [-0.2, -0.15) is 0 Å². The normalized spacial score (nSPS) is 10.5. The number of hydrogen-bond acceptors (Lipinski definition) is 3. The highest BCUT2D eigenvalue weighted by Gasteiger charge is 2.12. The van der Waals surface area contributed by atoms with E-state index in [1.54, 1.807) is 0 Å². The molecule has 2 rings (SSSR count). The smallest absolute Gasteiger partial charge is 0.337 e. The van der Waals surface area contributed by atoms with Crippen molar-refractivity contribution in [2.24, 2.45) is 0 Å². The average molecular weight is 208 g/mol. The van der Waals surface area contributed by atoms with Crippen LogP contribution in [0.2, 0.25) is 0 Å². The monoisotopic (exact) mass is 208 g/mol. The van der Waals surface area contributed by atoms with Crippen molar-refractivity contribution in [1.82, 2.24) is 0 Å². The van der Waals surface area contributed by atoms with E-state index >= 15 is 0 Å². The maximum Gasteiger partial charge on any atom is 0.337 e. The highest BCUT2D eigenvalue weighted by Crippen LogP contribution is 2.17. The fourth-order valence-corrected chi connectivity index (χ4v) is 1.31. The quantitative estimate of drug-likeness (QED) is 0.723. The van der Waals surface area contributed by atoms with Crippen molar-refractivity contribution in [2.45, 2.75) is 0 Å². The Kier molecular flexibility index (Phi) is 2.00. The first-order valence-corrected chi connectivity index (χ1v) is 4.04. The lowest BCUT2D eigenvalue weighted by molar-refractivity contribution is 0.0698. The van der Waals surface area contributed by atoms with E-state index in [2.05, 4.69) is 0 Å². The van der Waals surface area contributed by atoms with Crippen LogP contribution in [-0.4, -0.2) is 11.1 Å². The molecule has 1 N–H and O–H groups in total. The van der Waals surface area contributed by atoms with E-state index < -0.39 is 17.4 Å². The molecule has 0 bridgehead atoms. The van der Waals surface area contributed by atoms with E-state index in [9.17, 15) is 14.0 Å². The number of hydrogen-bond donors (Lipinski definition) is 1. The van der Waals surface area contributed by atoms with Crippen molar-refractivity contribution in [1.29, 1.82) is 0 Å². The van der Waals surface area contributed by atoms with Gasteiger partial charge in [0, 0.05) is 11.5 Å². The Hall–Kier alpha value is -2.17. The van der Waals surface area contributed by atoms with Crippen molar-refractivity contribution in [3.63, 3.8) is 0 Å². The first-order valence-electron chi connectivity index (χ1n) is 4.04. The van der Waals surface area contributed by atoms with Gasteiger partial charge in [-0.25, -0.2) is 14.0 Å². The zero-order valence-corrected chi connectivity index (χ0v) is 7.36. The summed E-state index contributed by atoms with van der Waals surface area (Å²) < 4.78 is 17.6. The summed E-state index contributed by atoms with van der Waals surface area (Å²) in [5.41, 5.74) is -0.978. The second-order valence-corrected chi connectivity index (χ2v) is 2.92. The maximum absolute atomic E-state index is 12.9. The molecular formula is C10H5FO4. The first kappa shape index (κ1) is 9.39. The Morgan fingerprint density at radius 2 is 2.07 bits per heavy atom. The van der Waals surface area contributed by atoms with Crippen molar-refractivity contribution in [3.05, 3.63) is 46.1 Å². The minimum atomic E-state index is -1.29. The van der Waals surface area contributed by atoms with Crippen LogP contribution in [0.15, 0.2) is 33.5 Å². The Morgan fingerprint density at radius 1 is 1.33 bits per heavy atom. The topological polar surface area (TPSA) is 67.5 Å². The highest BCUT2D eigenvalue weighted by atomic mass is 19.1. The van der Waals surface area contributed by atoms with Crippen LogP contribution in [0.4, 0.5) is 4.39 Å². The highest BCUT2D eigenvalue weighted by molar-refractivity contribution is 6.01. The van der Waals surface area contributed by atoms with Crippen LogP contribution in [0, 0.1) is 5.82 Å². The summed E-state index contributed by atoms with van der Waals surface area (Å²) in [5.74, 6) is -1.88. The molecule has 0 aliphatic heterocycles. The number of carbonyl (C=O) groups is 1. The molecule has 4 nitrogen and oxygen atoms in total. The zero-order chi connectivity index (χ0) is 11.0. The minimum absolute atomic E-state index is 0.0568. The second-order valence-electron chi connectivity index (χ2n) is 2.92. The summed E-state index contributed by atoms with van der Waals surface area (Å²) in [6.45, 7) is 0. The number of fused-ring (bicyclic) bond motifs is 1. The molecule has 0 spiro atoms. The predicted octanol–water partition coefficient (Wildman–Crippen LogP) is 1.63. The molecule has 0 saturated heterocycles. The van der Waals surface area contributed by atoms with Crippen LogP contribution < -0.4 is 5.63 Å². The Labute approximate surface area is 82.6 Å². The van der Waals surface area contributed by atoms with Crippen LogP contribution in [0.3, 0.4) is 0 Å². The lowest BCUT2D eigenvalue weighted by atomic mass is 10.1. The third-order valence-electron chi connectivity index (χ3n) is 1.93. The molecule has 15 heavy (non-hydrogen) atoms. The van der Waals surface area contributed by atoms with Gasteiger partial charge < -0.3 is 9.52 Å². The van der Waals surface area contributed by atoms with Gasteiger partial charge in [0.05, 0.1) is 5.56 Å². The molecule has 76 valence electrons. The number of benzene rings is 1. The Bertz CT molecular complexity index is 600. The van der Waals surface area contributed by atoms with Crippen molar-refractivity contribution < 1.29 is 18.7 Å². The third-order valence-corrected chi connectivity index (χ3v) is 1.93. The molecule has 1 heterocycles. The van der Waals surface area contributed by atoms with Crippen molar-refractivity contribution in [3.8, 4) is 0 Å². The molecule has 1 aromatic heterocycles. The summed E-state index contributed by atoms with van der Waals surface area (Å²) in [6.07, 6.45) is 0. The van der Waals surface area contributed by atoms with Gasteiger partial charge >= 0.3 is 11.6 Å². The standard InChI is InChI=1S/C10H5FO4/c11-5-1-2-8-6(3-5)7(10(13)14)4-9(12)15-8/h1-4H,(H,13,14). The second kappa shape index (κ2) is 3.20. The molecule has 0 saturated carbocycles. The van der Waals surface area contributed by atoms with Crippen molar-refractivity contribution >= 4 is 16.9 Å².